The fourth-order valence-corrected chi connectivity index (χ4v) is 2.51. The van der Waals surface area contributed by atoms with Gasteiger partial charge in [0, 0.05) is 23.1 Å². The van der Waals surface area contributed by atoms with E-state index in [0.29, 0.717) is 6.42 Å². The summed E-state index contributed by atoms with van der Waals surface area (Å²) in [5.41, 5.74) is 2.19. The molecule has 106 valence electrons. The van der Waals surface area contributed by atoms with Gasteiger partial charge in [0.25, 0.3) is 0 Å². The van der Waals surface area contributed by atoms with Gasteiger partial charge >= 0.3 is 6.18 Å². The SMILES string of the molecule is Cc1cccnc1CC(Br)c1ccc(C(F)(F)F)cc1. The van der Waals surface area contributed by atoms with Crippen molar-refractivity contribution in [3.8, 4) is 0 Å². The van der Waals surface area contributed by atoms with Gasteiger partial charge in [-0.05, 0) is 36.2 Å². The van der Waals surface area contributed by atoms with Gasteiger partial charge in [-0.15, -0.1) is 0 Å². The molecule has 0 aliphatic rings. The number of rotatable bonds is 3. The van der Waals surface area contributed by atoms with E-state index in [9.17, 15) is 13.2 Å². The number of alkyl halides is 4. The average Bonchev–Trinajstić information content (AvgIpc) is 2.40. The van der Waals surface area contributed by atoms with Crippen LogP contribution in [0.25, 0.3) is 0 Å². The molecule has 1 atom stereocenters. The van der Waals surface area contributed by atoms with Gasteiger partial charge in [-0.1, -0.05) is 34.1 Å². The highest BCUT2D eigenvalue weighted by Gasteiger charge is 2.30. The van der Waals surface area contributed by atoms with Crippen LogP contribution in [0.2, 0.25) is 0 Å². The van der Waals surface area contributed by atoms with Gasteiger partial charge in [-0.2, -0.15) is 13.2 Å². The van der Waals surface area contributed by atoms with Crippen molar-refractivity contribution >= 4 is 15.9 Å². The first kappa shape index (κ1) is 15.0. The number of aryl methyl sites for hydroxylation is 1. The Kier molecular flexibility index (Phi) is 4.48. The normalized spacial score (nSPS) is 13.2. The van der Waals surface area contributed by atoms with E-state index in [0.717, 1.165) is 29.0 Å². The first-order valence-corrected chi connectivity index (χ1v) is 7.01. The molecule has 20 heavy (non-hydrogen) atoms. The molecule has 0 N–H and O–H groups in total. The minimum absolute atomic E-state index is 0.0571. The molecule has 5 heteroatoms. The summed E-state index contributed by atoms with van der Waals surface area (Å²) in [5, 5.41) is 0. The molecule has 2 rings (SSSR count). The number of aromatic nitrogens is 1. The molecule has 0 bridgehead atoms. The Labute approximate surface area is 124 Å². The first-order chi connectivity index (χ1) is 9.38. The van der Waals surface area contributed by atoms with Crippen LogP contribution < -0.4 is 0 Å². The molecule has 0 saturated heterocycles. The molecule has 1 heterocycles. The first-order valence-electron chi connectivity index (χ1n) is 6.09. The predicted molar refractivity (Wildman–Crippen MR) is 75.8 cm³/mol. The van der Waals surface area contributed by atoms with Crippen LogP contribution in [0.4, 0.5) is 13.2 Å². The highest BCUT2D eigenvalue weighted by molar-refractivity contribution is 9.09. The summed E-state index contributed by atoms with van der Waals surface area (Å²) in [6.45, 7) is 1.97. The molecule has 0 radical (unpaired) electrons. The molecule has 1 unspecified atom stereocenters. The van der Waals surface area contributed by atoms with E-state index in [4.69, 9.17) is 0 Å². The molecule has 0 spiro atoms. The Morgan fingerprint density at radius 3 is 2.35 bits per heavy atom. The minimum atomic E-state index is -4.29. The van der Waals surface area contributed by atoms with E-state index in [1.54, 1.807) is 6.20 Å². The second kappa shape index (κ2) is 5.95. The third-order valence-corrected chi connectivity index (χ3v) is 3.94. The van der Waals surface area contributed by atoms with Crippen molar-refractivity contribution in [2.45, 2.75) is 24.3 Å². The Balaban J connectivity index is 2.14. The lowest BCUT2D eigenvalue weighted by Crippen LogP contribution is -2.05. The largest absolute Gasteiger partial charge is 0.416 e. The molecule has 0 aliphatic carbocycles. The van der Waals surface area contributed by atoms with Crippen molar-refractivity contribution in [1.82, 2.24) is 4.98 Å². The monoisotopic (exact) mass is 343 g/mol. The molecular weight excluding hydrogens is 331 g/mol. The fourth-order valence-electron chi connectivity index (χ4n) is 1.90. The predicted octanol–water partition coefficient (Wildman–Crippen LogP) is 5.09. The number of benzene rings is 1. The second-order valence-electron chi connectivity index (χ2n) is 4.56. The summed E-state index contributed by atoms with van der Waals surface area (Å²) in [7, 11) is 0. The Bertz CT molecular complexity index is 578. The minimum Gasteiger partial charge on any atom is -0.261 e. The van der Waals surface area contributed by atoms with E-state index in [-0.39, 0.29) is 4.83 Å². The Morgan fingerprint density at radius 2 is 1.80 bits per heavy atom. The standard InChI is InChI=1S/C15H13BrF3N/c1-10-3-2-8-20-14(10)9-13(16)11-4-6-12(7-5-11)15(17,18)19/h2-8,13H,9H2,1H3. The molecule has 1 aromatic carbocycles. The molecule has 0 amide bonds. The highest BCUT2D eigenvalue weighted by Crippen LogP contribution is 2.32. The zero-order valence-electron chi connectivity index (χ0n) is 10.8. The van der Waals surface area contributed by atoms with E-state index in [2.05, 4.69) is 20.9 Å². The van der Waals surface area contributed by atoms with Gasteiger partial charge < -0.3 is 0 Å². The van der Waals surface area contributed by atoms with Crippen molar-refractivity contribution in [3.05, 3.63) is 65.0 Å². The molecule has 2 aromatic rings. The summed E-state index contributed by atoms with van der Waals surface area (Å²) in [5.74, 6) is 0. The van der Waals surface area contributed by atoms with Crippen molar-refractivity contribution in [3.63, 3.8) is 0 Å². The van der Waals surface area contributed by atoms with Crippen LogP contribution in [0.1, 0.15) is 27.2 Å². The van der Waals surface area contributed by atoms with Crippen LogP contribution in [0.5, 0.6) is 0 Å². The van der Waals surface area contributed by atoms with E-state index >= 15 is 0 Å². The van der Waals surface area contributed by atoms with E-state index in [1.807, 2.05) is 19.1 Å². The molecule has 0 saturated carbocycles. The number of pyridine rings is 1. The lowest BCUT2D eigenvalue weighted by Gasteiger charge is -2.13. The summed E-state index contributed by atoms with van der Waals surface area (Å²) in [6, 6.07) is 9.04. The number of halogens is 4. The number of hydrogen-bond acceptors (Lipinski definition) is 1. The van der Waals surface area contributed by atoms with E-state index in [1.165, 1.54) is 12.1 Å². The Morgan fingerprint density at radius 1 is 1.15 bits per heavy atom. The average molecular weight is 344 g/mol. The zero-order chi connectivity index (χ0) is 14.8. The van der Waals surface area contributed by atoms with Crippen LogP contribution in [-0.4, -0.2) is 4.98 Å². The van der Waals surface area contributed by atoms with Crippen molar-refractivity contribution < 1.29 is 13.2 Å². The van der Waals surface area contributed by atoms with Gasteiger partial charge in [0.2, 0.25) is 0 Å². The lowest BCUT2D eigenvalue weighted by molar-refractivity contribution is -0.137. The molecular formula is C15H13BrF3N. The van der Waals surface area contributed by atoms with Gasteiger partial charge in [-0.25, -0.2) is 0 Å². The second-order valence-corrected chi connectivity index (χ2v) is 5.66. The maximum absolute atomic E-state index is 12.5. The van der Waals surface area contributed by atoms with Crippen LogP contribution in [0, 0.1) is 6.92 Å². The number of nitrogens with zero attached hydrogens (tertiary/aromatic N) is 1. The van der Waals surface area contributed by atoms with Crippen molar-refractivity contribution in [1.29, 1.82) is 0 Å². The third-order valence-electron chi connectivity index (χ3n) is 3.09. The van der Waals surface area contributed by atoms with Gasteiger partial charge in [0.15, 0.2) is 0 Å². The van der Waals surface area contributed by atoms with Gasteiger partial charge in [0.05, 0.1) is 5.56 Å². The van der Waals surface area contributed by atoms with Crippen LogP contribution in [0.3, 0.4) is 0 Å². The molecule has 1 nitrogen and oxygen atoms in total. The quantitative estimate of drug-likeness (QED) is 0.707. The van der Waals surface area contributed by atoms with Crippen LogP contribution >= 0.6 is 15.9 Å². The smallest absolute Gasteiger partial charge is 0.261 e. The van der Waals surface area contributed by atoms with Crippen LogP contribution in [-0.2, 0) is 12.6 Å². The highest BCUT2D eigenvalue weighted by atomic mass is 79.9. The van der Waals surface area contributed by atoms with Gasteiger partial charge in [0.1, 0.15) is 0 Å². The molecule has 0 fully saturated rings. The van der Waals surface area contributed by atoms with Crippen LogP contribution in [0.15, 0.2) is 42.6 Å². The third kappa shape index (κ3) is 3.60. The Hall–Kier alpha value is -1.36. The fraction of sp³-hybridized carbons (Fsp3) is 0.267. The maximum Gasteiger partial charge on any atom is 0.416 e. The zero-order valence-corrected chi connectivity index (χ0v) is 12.4. The van der Waals surface area contributed by atoms with E-state index < -0.39 is 11.7 Å². The topological polar surface area (TPSA) is 12.9 Å². The van der Waals surface area contributed by atoms with Crippen molar-refractivity contribution in [2.24, 2.45) is 0 Å². The molecule has 1 aromatic heterocycles. The summed E-state index contributed by atoms with van der Waals surface area (Å²) >= 11 is 3.51. The maximum atomic E-state index is 12.5. The summed E-state index contributed by atoms with van der Waals surface area (Å²) < 4.78 is 37.5. The lowest BCUT2D eigenvalue weighted by atomic mass is 10.0. The number of hydrogen-bond donors (Lipinski definition) is 0. The van der Waals surface area contributed by atoms with Crippen molar-refractivity contribution in [2.75, 3.05) is 0 Å². The molecule has 0 aliphatic heterocycles. The summed E-state index contributed by atoms with van der Waals surface area (Å²) in [4.78, 5) is 4.23. The van der Waals surface area contributed by atoms with Gasteiger partial charge in [-0.3, -0.25) is 4.98 Å². The summed E-state index contributed by atoms with van der Waals surface area (Å²) in [6.07, 6.45) is -1.94.